The second kappa shape index (κ2) is 9.00. The lowest BCUT2D eigenvalue weighted by Gasteiger charge is -2.21. The van der Waals surface area contributed by atoms with Gasteiger partial charge in [-0.1, -0.05) is 12.8 Å². The molecule has 1 fully saturated rings. The van der Waals surface area contributed by atoms with Gasteiger partial charge in [-0.25, -0.2) is 8.42 Å². The van der Waals surface area contributed by atoms with Crippen LogP contribution in [0.15, 0.2) is 23.1 Å². The van der Waals surface area contributed by atoms with E-state index in [1.807, 2.05) is 0 Å². The van der Waals surface area contributed by atoms with Crippen LogP contribution in [0, 0.1) is 0 Å². The number of hydrogen-bond donors (Lipinski definition) is 2. The summed E-state index contributed by atoms with van der Waals surface area (Å²) >= 11 is 0. The molecular weight excluding hydrogens is 360 g/mol. The van der Waals surface area contributed by atoms with Crippen LogP contribution in [0.1, 0.15) is 42.5 Å². The highest BCUT2D eigenvalue weighted by atomic mass is 32.2. The van der Waals surface area contributed by atoms with Gasteiger partial charge in [-0.3, -0.25) is 9.59 Å². The first-order chi connectivity index (χ1) is 12.4. The number of carboxylic acids is 1. The zero-order valence-corrected chi connectivity index (χ0v) is 15.5. The third kappa shape index (κ3) is 4.95. The van der Waals surface area contributed by atoms with Crippen LogP contribution in [0.4, 0.5) is 0 Å². The van der Waals surface area contributed by atoms with Gasteiger partial charge in [0.2, 0.25) is 10.0 Å². The van der Waals surface area contributed by atoms with Crippen molar-refractivity contribution >= 4 is 21.9 Å². The fourth-order valence-corrected chi connectivity index (χ4v) is 4.52. The molecule has 8 nitrogen and oxygen atoms in total. The topological polar surface area (TPSA) is 113 Å². The van der Waals surface area contributed by atoms with Crippen molar-refractivity contribution in [3.8, 4) is 5.75 Å². The van der Waals surface area contributed by atoms with Crippen molar-refractivity contribution in [1.82, 2.24) is 9.62 Å². The highest BCUT2D eigenvalue weighted by molar-refractivity contribution is 7.89. The molecule has 9 heteroatoms. The summed E-state index contributed by atoms with van der Waals surface area (Å²) in [6.45, 7) is 0.857. The number of benzene rings is 1. The zero-order valence-electron chi connectivity index (χ0n) is 14.7. The van der Waals surface area contributed by atoms with Gasteiger partial charge in [0, 0.05) is 25.2 Å². The molecule has 1 heterocycles. The molecule has 0 bridgehead atoms. The van der Waals surface area contributed by atoms with Crippen LogP contribution in [0.2, 0.25) is 0 Å². The summed E-state index contributed by atoms with van der Waals surface area (Å²) in [5.41, 5.74) is 0.143. The van der Waals surface area contributed by atoms with Gasteiger partial charge >= 0.3 is 5.97 Å². The lowest BCUT2D eigenvalue weighted by Crippen LogP contribution is -2.32. The number of methoxy groups -OCH3 is 1. The van der Waals surface area contributed by atoms with Crippen LogP contribution >= 0.6 is 0 Å². The fraction of sp³-hybridized carbons (Fsp3) is 0.529. The van der Waals surface area contributed by atoms with Crippen molar-refractivity contribution in [1.29, 1.82) is 0 Å². The van der Waals surface area contributed by atoms with Crippen molar-refractivity contribution in [2.24, 2.45) is 0 Å². The first-order valence-electron chi connectivity index (χ1n) is 8.54. The molecule has 0 aliphatic carbocycles. The lowest BCUT2D eigenvalue weighted by atomic mass is 10.2. The summed E-state index contributed by atoms with van der Waals surface area (Å²) in [5.74, 6) is -1.37. The van der Waals surface area contributed by atoms with Gasteiger partial charge in [0.05, 0.1) is 13.5 Å². The average molecular weight is 384 g/mol. The highest BCUT2D eigenvalue weighted by Gasteiger charge is 2.29. The Morgan fingerprint density at radius 1 is 1.19 bits per heavy atom. The van der Waals surface area contributed by atoms with Crippen molar-refractivity contribution in [2.75, 3.05) is 26.7 Å². The summed E-state index contributed by atoms with van der Waals surface area (Å²) in [7, 11) is -2.41. The first-order valence-corrected chi connectivity index (χ1v) is 9.98. The molecule has 0 radical (unpaired) electrons. The van der Waals surface area contributed by atoms with E-state index in [0.717, 1.165) is 25.7 Å². The maximum atomic E-state index is 13.0. The van der Waals surface area contributed by atoms with E-state index in [-0.39, 0.29) is 29.2 Å². The normalized spacial score (nSPS) is 15.9. The number of ether oxygens (including phenoxy) is 1. The number of hydrogen-bond acceptors (Lipinski definition) is 5. The molecule has 26 heavy (non-hydrogen) atoms. The van der Waals surface area contributed by atoms with Crippen LogP contribution in [-0.4, -0.2) is 56.5 Å². The summed E-state index contributed by atoms with van der Waals surface area (Å²) in [5, 5.41) is 11.1. The Bertz CT molecular complexity index is 755. The number of aliphatic carboxylic acids is 1. The van der Waals surface area contributed by atoms with E-state index in [4.69, 9.17) is 9.84 Å². The second-order valence-corrected chi connectivity index (χ2v) is 7.99. The van der Waals surface area contributed by atoms with E-state index < -0.39 is 21.9 Å². The summed E-state index contributed by atoms with van der Waals surface area (Å²) in [6, 6.07) is 4.18. The van der Waals surface area contributed by atoms with Gasteiger partial charge in [-0.2, -0.15) is 4.31 Å². The van der Waals surface area contributed by atoms with Crippen LogP contribution < -0.4 is 10.1 Å². The minimum atomic E-state index is -3.78. The number of carbonyl (C=O) groups excluding carboxylic acids is 1. The summed E-state index contributed by atoms with van der Waals surface area (Å²) in [4.78, 5) is 22.7. The van der Waals surface area contributed by atoms with Gasteiger partial charge in [0.15, 0.2) is 0 Å². The quantitative estimate of drug-likeness (QED) is 0.736. The Hall–Kier alpha value is -2.13. The van der Waals surface area contributed by atoms with Crippen LogP contribution in [-0.2, 0) is 14.8 Å². The summed E-state index contributed by atoms with van der Waals surface area (Å²) < 4.78 is 32.7. The molecule has 144 valence electrons. The molecule has 0 spiro atoms. The second-order valence-electron chi connectivity index (χ2n) is 6.08. The van der Waals surface area contributed by atoms with Gasteiger partial charge in [0.25, 0.3) is 5.91 Å². The zero-order chi connectivity index (χ0) is 19.2. The van der Waals surface area contributed by atoms with Crippen molar-refractivity contribution in [3.05, 3.63) is 23.8 Å². The Morgan fingerprint density at radius 3 is 2.42 bits per heavy atom. The van der Waals surface area contributed by atoms with E-state index in [2.05, 4.69) is 5.32 Å². The molecule has 0 aromatic heterocycles. The van der Waals surface area contributed by atoms with Gasteiger partial charge in [-0.15, -0.1) is 0 Å². The third-order valence-corrected chi connectivity index (χ3v) is 6.15. The van der Waals surface area contributed by atoms with Crippen LogP contribution in [0.5, 0.6) is 5.75 Å². The molecular formula is C17H24N2O6S. The fourth-order valence-electron chi connectivity index (χ4n) is 2.83. The Balaban J connectivity index is 2.28. The van der Waals surface area contributed by atoms with E-state index >= 15 is 0 Å². The minimum Gasteiger partial charge on any atom is -0.495 e. The van der Waals surface area contributed by atoms with E-state index in [1.165, 1.54) is 29.6 Å². The predicted octanol–water partition coefficient (Wildman–Crippen LogP) is 1.46. The highest BCUT2D eigenvalue weighted by Crippen LogP contribution is 2.29. The maximum absolute atomic E-state index is 13.0. The van der Waals surface area contributed by atoms with E-state index in [0.29, 0.717) is 13.1 Å². The number of nitrogens with zero attached hydrogens (tertiary/aromatic N) is 1. The molecule has 1 aromatic carbocycles. The minimum absolute atomic E-state index is 0.0333. The standard InChI is InChI=1S/C17H24N2O6S/c1-25-14-7-6-13(17(22)18-9-8-16(20)21)12-15(14)26(23,24)19-10-4-2-3-5-11-19/h6-7,12H,2-5,8-11H2,1H3,(H,18,22)(H,20,21). The Labute approximate surface area is 153 Å². The molecule has 0 saturated carbocycles. The molecule has 0 atom stereocenters. The predicted molar refractivity (Wildman–Crippen MR) is 94.8 cm³/mol. The number of carboxylic acid groups (broad SMARTS) is 1. The molecule has 1 aromatic rings. The Kier molecular flexibility index (Phi) is 6.98. The maximum Gasteiger partial charge on any atom is 0.305 e. The number of carbonyl (C=O) groups is 2. The number of rotatable bonds is 7. The van der Waals surface area contributed by atoms with E-state index in [1.54, 1.807) is 0 Å². The van der Waals surface area contributed by atoms with Crippen molar-refractivity contribution in [3.63, 3.8) is 0 Å². The molecule has 1 aliphatic rings. The SMILES string of the molecule is COc1ccc(C(=O)NCCC(=O)O)cc1S(=O)(=O)N1CCCCCC1. The van der Waals surface area contributed by atoms with Gasteiger partial charge in [-0.05, 0) is 31.0 Å². The monoisotopic (exact) mass is 384 g/mol. The van der Waals surface area contributed by atoms with Crippen LogP contribution in [0.3, 0.4) is 0 Å². The van der Waals surface area contributed by atoms with Crippen molar-refractivity contribution in [2.45, 2.75) is 37.0 Å². The third-order valence-electron chi connectivity index (χ3n) is 4.23. The van der Waals surface area contributed by atoms with Gasteiger partial charge < -0.3 is 15.2 Å². The molecule has 0 unspecified atom stereocenters. The summed E-state index contributed by atoms with van der Waals surface area (Å²) in [6.07, 6.45) is 3.39. The smallest absolute Gasteiger partial charge is 0.305 e. The Morgan fingerprint density at radius 2 is 1.85 bits per heavy atom. The molecule has 2 N–H and O–H groups in total. The van der Waals surface area contributed by atoms with Gasteiger partial charge in [0.1, 0.15) is 10.6 Å². The van der Waals surface area contributed by atoms with E-state index in [9.17, 15) is 18.0 Å². The number of sulfonamides is 1. The number of amides is 1. The number of nitrogens with one attached hydrogen (secondary N) is 1. The first kappa shape index (κ1) is 20.2. The molecule has 1 saturated heterocycles. The van der Waals surface area contributed by atoms with Crippen LogP contribution in [0.25, 0.3) is 0 Å². The average Bonchev–Trinajstić information content (AvgIpc) is 2.90. The molecule has 1 amide bonds. The molecule has 2 rings (SSSR count). The van der Waals surface area contributed by atoms with Crippen molar-refractivity contribution < 1.29 is 27.9 Å². The lowest BCUT2D eigenvalue weighted by molar-refractivity contribution is -0.136. The molecule has 1 aliphatic heterocycles. The largest absolute Gasteiger partial charge is 0.495 e.